The predicted octanol–water partition coefficient (Wildman–Crippen LogP) is 3.84. The summed E-state index contributed by atoms with van der Waals surface area (Å²) in [6.45, 7) is 3.96. The average molecular weight is 410 g/mol. The fraction of sp³-hybridized carbons (Fsp3) is 0.160. The average Bonchev–Trinajstić information content (AvgIpc) is 3.11. The summed E-state index contributed by atoms with van der Waals surface area (Å²) < 4.78 is 4.54. The van der Waals surface area contributed by atoms with Crippen molar-refractivity contribution in [2.24, 2.45) is 14.1 Å². The third kappa shape index (κ3) is 2.75. The fourth-order valence-electron chi connectivity index (χ4n) is 4.36. The molecule has 0 atom stereocenters. The minimum Gasteiger partial charge on any atom is -0.294 e. The zero-order chi connectivity index (χ0) is 21.9. The van der Waals surface area contributed by atoms with Gasteiger partial charge in [-0.3, -0.25) is 13.9 Å². The van der Waals surface area contributed by atoms with E-state index >= 15 is 0 Å². The molecule has 0 radical (unpaired) electrons. The quantitative estimate of drug-likeness (QED) is 0.444. The van der Waals surface area contributed by atoms with E-state index < -0.39 is 0 Å². The number of hydrogen-bond donors (Lipinski definition) is 0. The lowest BCUT2D eigenvalue weighted by Crippen LogP contribution is -2.36. The van der Waals surface area contributed by atoms with E-state index in [1.54, 1.807) is 11.6 Å². The molecular formula is C25H22N4O2. The zero-order valence-corrected chi connectivity index (χ0v) is 17.9. The van der Waals surface area contributed by atoms with Crippen LogP contribution in [0.5, 0.6) is 0 Å². The van der Waals surface area contributed by atoms with E-state index in [9.17, 15) is 9.59 Å². The monoisotopic (exact) mass is 410 g/mol. The van der Waals surface area contributed by atoms with Crippen molar-refractivity contribution in [2.75, 3.05) is 0 Å². The van der Waals surface area contributed by atoms with Gasteiger partial charge in [-0.15, -0.1) is 0 Å². The van der Waals surface area contributed by atoms with Crippen molar-refractivity contribution in [3.05, 3.63) is 92.8 Å². The first-order chi connectivity index (χ1) is 14.9. The van der Waals surface area contributed by atoms with Gasteiger partial charge in [0.25, 0.3) is 5.56 Å². The Balaban J connectivity index is 2.13. The second-order valence-electron chi connectivity index (χ2n) is 7.97. The van der Waals surface area contributed by atoms with E-state index in [4.69, 9.17) is 5.10 Å². The van der Waals surface area contributed by atoms with E-state index in [2.05, 4.69) is 0 Å². The minimum atomic E-state index is -0.361. The van der Waals surface area contributed by atoms with E-state index in [0.717, 1.165) is 38.0 Å². The summed E-state index contributed by atoms with van der Waals surface area (Å²) in [4.78, 5) is 26.2. The lowest BCUT2D eigenvalue weighted by Gasteiger charge is -2.09. The molecule has 31 heavy (non-hydrogen) atoms. The van der Waals surface area contributed by atoms with Gasteiger partial charge in [-0.2, -0.15) is 5.10 Å². The Hall–Kier alpha value is -3.93. The highest BCUT2D eigenvalue weighted by Gasteiger charge is 2.24. The Kier molecular flexibility index (Phi) is 4.18. The molecule has 3 aromatic heterocycles. The molecule has 6 nitrogen and oxygen atoms in total. The van der Waals surface area contributed by atoms with Gasteiger partial charge in [0.1, 0.15) is 0 Å². The second kappa shape index (κ2) is 6.80. The molecule has 5 rings (SSSR count). The lowest BCUT2D eigenvalue weighted by atomic mass is 10.0. The van der Waals surface area contributed by atoms with Crippen molar-refractivity contribution in [3.63, 3.8) is 0 Å². The molecule has 0 bridgehead atoms. The Morgan fingerprint density at radius 3 is 2.19 bits per heavy atom. The molecule has 6 heteroatoms. The summed E-state index contributed by atoms with van der Waals surface area (Å²) in [6, 6.07) is 20.0. The minimum absolute atomic E-state index is 0.322. The largest absolute Gasteiger partial charge is 0.331 e. The van der Waals surface area contributed by atoms with Crippen molar-refractivity contribution in [3.8, 4) is 22.4 Å². The first-order valence-electron chi connectivity index (χ1n) is 10.1. The van der Waals surface area contributed by atoms with Crippen molar-refractivity contribution in [1.82, 2.24) is 18.7 Å². The zero-order valence-electron chi connectivity index (χ0n) is 17.9. The fourth-order valence-corrected chi connectivity index (χ4v) is 4.36. The Morgan fingerprint density at radius 2 is 1.48 bits per heavy atom. The number of nitrogens with zero attached hydrogens (tertiary/aromatic N) is 4. The number of rotatable bonds is 2. The molecular weight excluding hydrogens is 388 g/mol. The number of aryl methyl sites for hydroxylation is 3. The predicted molar refractivity (Wildman–Crippen MR) is 124 cm³/mol. The van der Waals surface area contributed by atoms with Crippen molar-refractivity contribution in [1.29, 1.82) is 0 Å². The molecule has 0 unspecified atom stereocenters. The Labute approximate surface area is 178 Å². The van der Waals surface area contributed by atoms with Crippen LogP contribution in [0.25, 0.3) is 38.8 Å². The maximum atomic E-state index is 13.4. The first-order valence-corrected chi connectivity index (χ1v) is 10.1. The van der Waals surface area contributed by atoms with Gasteiger partial charge in [0.05, 0.1) is 27.8 Å². The maximum absolute atomic E-state index is 13.4. The molecule has 0 saturated carbocycles. The van der Waals surface area contributed by atoms with Crippen LogP contribution in [0.2, 0.25) is 0 Å². The second-order valence-corrected chi connectivity index (χ2v) is 7.97. The van der Waals surface area contributed by atoms with Crippen molar-refractivity contribution < 1.29 is 0 Å². The first kappa shape index (κ1) is 19.1. The SMILES string of the molecule is Cc1cccc(-c2c3c(=O)n(C)c(=O)n(C)c3c3c(-c4ccccc4)cc(C)nn23)c1. The van der Waals surface area contributed by atoms with E-state index in [1.165, 1.54) is 7.05 Å². The van der Waals surface area contributed by atoms with Crippen LogP contribution in [0.3, 0.4) is 0 Å². The molecule has 154 valence electrons. The smallest absolute Gasteiger partial charge is 0.294 e. The summed E-state index contributed by atoms with van der Waals surface area (Å²) in [5.41, 5.74) is 6.08. The van der Waals surface area contributed by atoms with Gasteiger partial charge in [0.2, 0.25) is 0 Å². The molecule has 5 aromatic rings. The van der Waals surface area contributed by atoms with Gasteiger partial charge >= 0.3 is 5.69 Å². The lowest BCUT2D eigenvalue weighted by molar-refractivity contribution is 0.716. The molecule has 0 saturated heterocycles. The van der Waals surface area contributed by atoms with Crippen LogP contribution < -0.4 is 11.2 Å². The summed E-state index contributed by atoms with van der Waals surface area (Å²) in [5, 5.41) is 5.29. The van der Waals surface area contributed by atoms with Crippen LogP contribution in [0.15, 0.2) is 70.3 Å². The Bertz CT molecular complexity index is 1610. The summed E-state index contributed by atoms with van der Waals surface area (Å²) in [7, 11) is 3.22. The van der Waals surface area contributed by atoms with Gasteiger partial charge in [0.15, 0.2) is 0 Å². The standard InChI is InChI=1S/C25H22N4O2/c1-15-9-8-12-18(13-15)21-20-23(27(3)25(31)28(4)24(20)30)22-19(14-16(2)26-29(21)22)17-10-6-5-7-11-17/h5-14H,1-4H3. The van der Waals surface area contributed by atoms with Gasteiger partial charge in [-0.1, -0.05) is 54.1 Å². The van der Waals surface area contributed by atoms with Crippen molar-refractivity contribution >= 4 is 16.4 Å². The van der Waals surface area contributed by atoms with Gasteiger partial charge in [-0.25, -0.2) is 9.31 Å². The van der Waals surface area contributed by atoms with Gasteiger partial charge in [-0.05, 0) is 31.5 Å². The molecule has 3 heterocycles. The summed E-state index contributed by atoms with van der Waals surface area (Å²) in [6.07, 6.45) is 0. The third-order valence-electron chi connectivity index (χ3n) is 5.79. The van der Waals surface area contributed by atoms with Crippen LogP contribution >= 0.6 is 0 Å². The topological polar surface area (TPSA) is 61.3 Å². The number of benzene rings is 2. The maximum Gasteiger partial charge on any atom is 0.331 e. The normalized spacial score (nSPS) is 11.5. The molecule has 0 N–H and O–H groups in total. The Morgan fingerprint density at radius 1 is 0.774 bits per heavy atom. The molecule has 0 aliphatic carbocycles. The third-order valence-corrected chi connectivity index (χ3v) is 5.79. The van der Waals surface area contributed by atoms with E-state index in [-0.39, 0.29) is 11.2 Å². The number of fused-ring (bicyclic) bond motifs is 3. The molecule has 0 spiro atoms. The highest BCUT2D eigenvalue weighted by molar-refractivity contribution is 6.08. The van der Waals surface area contributed by atoms with E-state index in [1.807, 2.05) is 79.0 Å². The molecule has 0 fully saturated rings. The molecule has 0 aliphatic rings. The highest BCUT2D eigenvalue weighted by atomic mass is 16.2. The molecule has 0 aliphatic heterocycles. The highest BCUT2D eigenvalue weighted by Crippen LogP contribution is 2.36. The van der Waals surface area contributed by atoms with Crippen LogP contribution in [0.4, 0.5) is 0 Å². The van der Waals surface area contributed by atoms with Crippen LogP contribution in [-0.4, -0.2) is 18.7 Å². The van der Waals surface area contributed by atoms with Crippen LogP contribution in [0.1, 0.15) is 11.3 Å². The summed E-state index contributed by atoms with van der Waals surface area (Å²) >= 11 is 0. The number of hydrogen-bond acceptors (Lipinski definition) is 3. The van der Waals surface area contributed by atoms with Crippen molar-refractivity contribution in [2.45, 2.75) is 13.8 Å². The molecule has 2 aromatic carbocycles. The van der Waals surface area contributed by atoms with Crippen LogP contribution in [0, 0.1) is 13.8 Å². The van der Waals surface area contributed by atoms with E-state index in [0.29, 0.717) is 16.6 Å². The van der Waals surface area contributed by atoms with Gasteiger partial charge in [0, 0.05) is 25.2 Å². The van der Waals surface area contributed by atoms with Crippen LogP contribution in [-0.2, 0) is 14.1 Å². The molecule has 0 amide bonds. The number of aromatic nitrogens is 4. The van der Waals surface area contributed by atoms with Gasteiger partial charge < -0.3 is 0 Å². The summed E-state index contributed by atoms with van der Waals surface area (Å²) in [5.74, 6) is 0.